The number of carbonyl (C=O) groups excluding carboxylic acids is 1. The van der Waals surface area contributed by atoms with Crippen LogP contribution in [0.5, 0.6) is 0 Å². The Hall–Kier alpha value is -2.98. The standard InChI is InChI=1S/C19H18BrClN8O/c1-12-17(20)13(2)29(24-12)11-27-8-7-16(25-27)18(30)23-19-22-10-28(26-19)9-14-3-5-15(21)6-4-14/h3-8,10H,9,11H2,1-2H3,(H,23,26,30). The molecule has 4 rings (SSSR count). The molecule has 4 aromatic rings. The molecule has 0 saturated carbocycles. The number of nitrogens with zero attached hydrogens (tertiary/aromatic N) is 7. The van der Waals surface area contributed by atoms with Crippen molar-refractivity contribution in [3.05, 3.63) is 75.0 Å². The third kappa shape index (κ3) is 4.44. The molecule has 0 radical (unpaired) electrons. The molecule has 0 aliphatic rings. The Morgan fingerprint density at radius 1 is 1.10 bits per heavy atom. The molecule has 0 aliphatic carbocycles. The van der Waals surface area contributed by atoms with E-state index in [4.69, 9.17) is 11.6 Å². The molecule has 3 heterocycles. The van der Waals surface area contributed by atoms with E-state index in [0.717, 1.165) is 21.4 Å². The number of hydrogen-bond acceptors (Lipinski definition) is 5. The highest BCUT2D eigenvalue weighted by molar-refractivity contribution is 9.10. The number of rotatable bonds is 6. The predicted octanol–water partition coefficient (Wildman–Crippen LogP) is 3.51. The van der Waals surface area contributed by atoms with Crippen LogP contribution in [0.2, 0.25) is 5.02 Å². The first-order valence-electron chi connectivity index (χ1n) is 9.07. The van der Waals surface area contributed by atoms with Gasteiger partial charge >= 0.3 is 0 Å². The number of hydrogen-bond donors (Lipinski definition) is 1. The molecule has 9 nitrogen and oxygen atoms in total. The van der Waals surface area contributed by atoms with Gasteiger partial charge in [0.05, 0.1) is 22.4 Å². The van der Waals surface area contributed by atoms with Crippen LogP contribution >= 0.6 is 27.5 Å². The van der Waals surface area contributed by atoms with E-state index in [1.165, 1.54) is 0 Å². The largest absolute Gasteiger partial charge is 0.288 e. The van der Waals surface area contributed by atoms with Gasteiger partial charge in [0.25, 0.3) is 5.91 Å². The van der Waals surface area contributed by atoms with Gasteiger partial charge in [0.2, 0.25) is 5.95 Å². The number of amides is 1. The predicted molar refractivity (Wildman–Crippen MR) is 116 cm³/mol. The second kappa shape index (κ2) is 8.41. The molecule has 154 valence electrons. The summed E-state index contributed by atoms with van der Waals surface area (Å²) in [6, 6.07) is 9.10. The number of nitrogens with one attached hydrogen (secondary N) is 1. The fourth-order valence-corrected chi connectivity index (χ4v) is 3.29. The molecule has 0 unspecified atom stereocenters. The Morgan fingerprint density at radius 3 is 2.57 bits per heavy atom. The van der Waals surface area contributed by atoms with Gasteiger partial charge in [-0.25, -0.2) is 14.3 Å². The lowest BCUT2D eigenvalue weighted by Gasteiger charge is -2.04. The van der Waals surface area contributed by atoms with Crippen LogP contribution in [0.25, 0.3) is 0 Å². The molecular weight excluding hydrogens is 472 g/mol. The lowest BCUT2D eigenvalue weighted by Crippen LogP contribution is -2.16. The van der Waals surface area contributed by atoms with Gasteiger partial charge in [-0.1, -0.05) is 23.7 Å². The summed E-state index contributed by atoms with van der Waals surface area (Å²) >= 11 is 9.41. The monoisotopic (exact) mass is 488 g/mol. The van der Waals surface area contributed by atoms with Gasteiger partial charge in [-0.3, -0.25) is 14.8 Å². The first-order chi connectivity index (χ1) is 14.4. The first kappa shape index (κ1) is 20.3. The summed E-state index contributed by atoms with van der Waals surface area (Å²) in [6.07, 6.45) is 3.29. The van der Waals surface area contributed by atoms with Crippen molar-refractivity contribution in [2.45, 2.75) is 27.1 Å². The van der Waals surface area contributed by atoms with Crippen molar-refractivity contribution >= 4 is 39.4 Å². The van der Waals surface area contributed by atoms with Crippen LogP contribution in [-0.4, -0.2) is 40.2 Å². The van der Waals surface area contributed by atoms with Crippen molar-refractivity contribution in [2.24, 2.45) is 0 Å². The van der Waals surface area contributed by atoms with Crippen LogP contribution in [0.4, 0.5) is 5.95 Å². The lowest BCUT2D eigenvalue weighted by molar-refractivity contribution is 0.102. The highest BCUT2D eigenvalue weighted by atomic mass is 79.9. The van der Waals surface area contributed by atoms with Crippen LogP contribution in [0.1, 0.15) is 27.4 Å². The molecule has 11 heteroatoms. The second-order valence-electron chi connectivity index (χ2n) is 6.71. The maximum absolute atomic E-state index is 12.5. The first-order valence-corrected chi connectivity index (χ1v) is 10.2. The summed E-state index contributed by atoms with van der Waals surface area (Å²) in [5, 5.41) is 16.4. The molecule has 30 heavy (non-hydrogen) atoms. The van der Waals surface area contributed by atoms with Gasteiger partial charge in [-0.05, 0) is 53.5 Å². The van der Waals surface area contributed by atoms with E-state index in [-0.39, 0.29) is 17.5 Å². The van der Waals surface area contributed by atoms with Crippen molar-refractivity contribution in [1.82, 2.24) is 34.3 Å². The van der Waals surface area contributed by atoms with Crippen molar-refractivity contribution in [1.29, 1.82) is 0 Å². The van der Waals surface area contributed by atoms with Crippen LogP contribution in [0, 0.1) is 13.8 Å². The second-order valence-corrected chi connectivity index (χ2v) is 7.94. The van der Waals surface area contributed by atoms with Crippen molar-refractivity contribution in [3.63, 3.8) is 0 Å². The maximum Gasteiger partial charge on any atom is 0.278 e. The number of benzene rings is 1. The van der Waals surface area contributed by atoms with E-state index < -0.39 is 0 Å². The van der Waals surface area contributed by atoms with Crippen LogP contribution < -0.4 is 5.32 Å². The van der Waals surface area contributed by atoms with Crippen molar-refractivity contribution in [3.8, 4) is 0 Å². The Morgan fingerprint density at radius 2 is 1.87 bits per heavy atom. The number of halogens is 2. The lowest BCUT2D eigenvalue weighted by atomic mass is 10.2. The highest BCUT2D eigenvalue weighted by Crippen LogP contribution is 2.19. The van der Waals surface area contributed by atoms with E-state index >= 15 is 0 Å². The van der Waals surface area contributed by atoms with Crippen LogP contribution in [0.15, 0.2) is 47.3 Å². The molecule has 0 saturated heterocycles. The Kier molecular flexibility index (Phi) is 5.69. The molecule has 3 aromatic heterocycles. The summed E-state index contributed by atoms with van der Waals surface area (Å²) in [6.45, 7) is 4.81. The molecule has 1 aromatic carbocycles. The molecule has 0 fully saturated rings. The summed E-state index contributed by atoms with van der Waals surface area (Å²) in [5.74, 6) is -0.168. The molecule has 0 bridgehead atoms. The number of aromatic nitrogens is 7. The van der Waals surface area contributed by atoms with Gasteiger partial charge in [-0.15, -0.1) is 5.10 Å². The molecule has 1 amide bonds. The molecule has 0 spiro atoms. The molecule has 0 aliphatic heterocycles. The highest BCUT2D eigenvalue weighted by Gasteiger charge is 2.14. The number of anilines is 1. The fraction of sp³-hybridized carbons (Fsp3) is 0.211. The van der Waals surface area contributed by atoms with E-state index in [1.54, 1.807) is 28.0 Å². The normalized spacial score (nSPS) is 11.1. The number of carbonyl (C=O) groups is 1. The number of aryl methyl sites for hydroxylation is 1. The summed E-state index contributed by atoms with van der Waals surface area (Å²) in [7, 11) is 0. The smallest absolute Gasteiger partial charge is 0.278 e. The van der Waals surface area contributed by atoms with E-state index in [9.17, 15) is 4.79 Å². The SMILES string of the molecule is Cc1nn(Cn2ccc(C(=O)Nc3ncn(Cc4ccc(Cl)cc4)n3)n2)c(C)c1Br. The Balaban J connectivity index is 1.39. The average molecular weight is 490 g/mol. The van der Waals surface area contributed by atoms with E-state index in [2.05, 4.69) is 41.5 Å². The van der Waals surface area contributed by atoms with Gasteiger partial charge in [0.15, 0.2) is 5.69 Å². The Labute approximate surface area is 185 Å². The van der Waals surface area contributed by atoms with Gasteiger partial charge < -0.3 is 0 Å². The van der Waals surface area contributed by atoms with Gasteiger partial charge in [0.1, 0.15) is 13.0 Å². The van der Waals surface area contributed by atoms with E-state index in [1.807, 2.05) is 42.8 Å². The zero-order valence-corrected chi connectivity index (χ0v) is 18.6. The average Bonchev–Trinajstić information content (AvgIpc) is 3.42. The van der Waals surface area contributed by atoms with Gasteiger partial charge in [-0.2, -0.15) is 10.2 Å². The van der Waals surface area contributed by atoms with Crippen molar-refractivity contribution in [2.75, 3.05) is 5.32 Å². The van der Waals surface area contributed by atoms with Crippen LogP contribution in [-0.2, 0) is 13.2 Å². The summed E-state index contributed by atoms with van der Waals surface area (Å²) in [4.78, 5) is 16.6. The van der Waals surface area contributed by atoms with Crippen LogP contribution in [0.3, 0.4) is 0 Å². The molecule has 1 N–H and O–H groups in total. The summed E-state index contributed by atoms with van der Waals surface area (Å²) in [5.41, 5.74) is 3.18. The third-order valence-corrected chi connectivity index (χ3v) is 5.86. The summed E-state index contributed by atoms with van der Waals surface area (Å²) < 4.78 is 6.06. The quantitative estimate of drug-likeness (QED) is 0.447. The minimum Gasteiger partial charge on any atom is -0.288 e. The minimum absolute atomic E-state index is 0.214. The molecule has 0 atom stereocenters. The molecular formula is C19H18BrClN8O. The minimum atomic E-state index is -0.382. The maximum atomic E-state index is 12.5. The third-order valence-electron chi connectivity index (χ3n) is 4.46. The van der Waals surface area contributed by atoms with Crippen molar-refractivity contribution < 1.29 is 4.79 Å². The fourth-order valence-electron chi connectivity index (χ4n) is 2.88. The van der Waals surface area contributed by atoms with E-state index in [0.29, 0.717) is 18.2 Å². The zero-order chi connectivity index (χ0) is 21.3. The Bertz CT molecular complexity index is 1190. The topological polar surface area (TPSA) is 95.5 Å². The van der Waals surface area contributed by atoms with Gasteiger partial charge in [0, 0.05) is 11.2 Å². The zero-order valence-electron chi connectivity index (χ0n) is 16.3.